The molecule has 0 aliphatic heterocycles. The summed E-state index contributed by atoms with van der Waals surface area (Å²) in [5, 5.41) is 0.402. The second-order valence-corrected chi connectivity index (χ2v) is 11.5. The van der Waals surface area contributed by atoms with Crippen molar-refractivity contribution in [3.63, 3.8) is 0 Å². The second kappa shape index (κ2) is 13.2. The van der Waals surface area contributed by atoms with Crippen LogP contribution >= 0.6 is 11.8 Å². The van der Waals surface area contributed by atoms with E-state index in [1.165, 1.54) is 30.0 Å². The van der Waals surface area contributed by atoms with E-state index in [-0.39, 0.29) is 29.6 Å². The van der Waals surface area contributed by atoms with Gasteiger partial charge in [-0.05, 0) is 66.1 Å². The molecule has 5 nitrogen and oxygen atoms in total. The van der Waals surface area contributed by atoms with Gasteiger partial charge in [-0.2, -0.15) is 18.2 Å². The van der Waals surface area contributed by atoms with E-state index in [1.54, 1.807) is 23.1 Å². The molecule has 0 atom stereocenters. The van der Waals surface area contributed by atoms with Crippen LogP contribution < -0.4 is 5.56 Å². The maximum atomic E-state index is 14.3. The van der Waals surface area contributed by atoms with Gasteiger partial charge in [-0.25, -0.2) is 4.39 Å². The first kappa shape index (κ1) is 30.5. The molecule has 0 saturated carbocycles. The minimum Gasteiger partial charge on any atom is -0.337 e. The zero-order valence-corrected chi connectivity index (χ0v) is 24.5. The number of alkyl halides is 3. The minimum absolute atomic E-state index is 0.0128. The van der Waals surface area contributed by atoms with Crippen molar-refractivity contribution in [3.8, 4) is 11.1 Å². The van der Waals surface area contributed by atoms with Crippen molar-refractivity contribution in [1.82, 2.24) is 14.5 Å². The van der Waals surface area contributed by atoms with Gasteiger partial charge >= 0.3 is 6.18 Å². The third kappa shape index (κ3) is 7.18. The molecule has 5 rings (SSSR count). The summed E-state index contributed by atoms with van der Waals surface area (Å²) in [5.41, 5.74) is 3.30. The van der Waals surface area contributed by atoms with Crippen molar-refractivity contribution in [2.75, 3.05) is 6.54 Å². The highest BCUT2D eigenvalue weighted by Crippen LogP contribution is 2.31. The van der Waals surface area contributed by atoms with Crippen LogP contribution in [0.25, 0.3) is 11.1 Å². The molecule has 0 spiro atoms. The van der Waals surface area contributed by atoms with E-state index in [1.807, 2.05) is 35.8 Å². The molecule has 1 amide bonds. The van der Waals surface area contributed by atoms with Gasteiger partial charge in [0, 0.05) is 30.1 Å². The molecule has 1 heterocycles. The van der Waals surface area contributed by atoms with Crippen LogP contribution in [0.3, 0.4) is 0 Å². The van der Waals surface area contributed by atoms with E-state index < -0.39 is 11.7 Å². The van der Waals surface area contributed by atoms with E-state index in [9.17, 15) is 27.2 Å². The highest BCUT2D eigenvalue weighted by Gasteiger charge is 2.30. The third-order valence-electron chi connectivity index (χ3n) is 7.53. The number of fused-ring (bicyclic) bond motifs is 1. The summed E-state index contributed by atoms with van der Waals surface area (Å²) in [5.74, 6) is -0.184. The molecule has 0 radical (unpaired) electrons. The predicted molar refractivity (Wildman–Crippen MR) is 159 cm³/mol. The molecule has 10 heteroatoms. The van der Waals surface area contributed by atoms with Crippen LogP contribution in [0.2, 0.25) is 0 Å². The van der Waals surface area contributed by atoms with Gasteiger partial charge in [0.25, 0.3) is 5.56 Å². The number of halogens is 4. The van der Waals surface area contributed by atoms with E-state index in [2.05, 4.69) is 4.98 Å². The summed E-state index contributed by atoms with van der Waals surface area (Å²) in [7, 11) is 0. The fraction of sp³-hybridized carbons (Fsp3) is 0.303. The lowest BCUT2D eigenvalue weighted by Crippen LogP contribution is -2.35. The predicted octanol–water partition coefficient (Wildman–Crippen LogP) is 7.29. The summed E-state index contributed by atoms with van der Waals surface area (Å²) >= 11 is 1.25. The lowest BCUT2D eigenvalue weighted by Gasteiger charge is -2.25. The largest absolute Gasteiger partial charge is 0.416 e. The van der Waals surface area contributed by atoms with Crippen LogP contribution in [0.4, 0.5) is 17.6 Å². The summed E-state index contributed by atoms with van der Waals surface area (Å²) in [6, 6.07) is 18.9. The average molecular weight is 610 g/mol. The number of hydrogen-bond acceptors (Lipinski definition) is 4. The Kier molecular flexibility index (Phi) is 9.34. The van der Waals surface area contributed by atoms with Gasteiger partial charge in [0.1, 0.15) is 12.4 Å². The van der Waals surface area contributed by atoms with Crippen LogP contribution in [0.15, 0.2) is 82.7 Å². The van der Waals surface area contributed by atoms with Gasteiger partial charge in [-0.3, -0.25) is 9.59 Å². The molecule has 0 unspecified atom stereocenters. The maximum Gasteiger partial charge on any atom is 0.416 e. The molecule has 0 N–H and O–H groups in total. The number of thioether (sulfide) groups is 1. The molecule has 0 saturated heterocycles. The monoisotopic (exact) mass is 609 g/mol. The van der Waals surface area contributed by atoms with Gasteiger partial charge < -0.3 is 9.47 Å². The number of benzene rings is 3. The Morgan fingerprint density at radius 1 is 0.977 bits per heavy atom. The Hall–Kier alpha value is -3.92. The van der Waals surface area contributed by atoms with Crippen LogP contribution in [-0.2, 0) is 42.7 Å². The number of carbonyl (C=O) groups is 1. The Balaban J connectivity index is 1.34. The van der Waals surface area contributed by atoms with Crippen LogP contribution in [0.5, 0.6) is 0 Å². The van der Waals surface area contributed by atoms with E-state index in [0.717, 1.165) is 41.8 Å². The number of aromatic nitrogens is 2. The molecule has 43 heavy (non-hydrogen) atoms. The van der Waals surface area contributed by atoms with E-state index in [4.69, 9.17) is 0 Å². The highest BCUT2D eigenvalue weighted by molar-refractivity contribution is 7.98. The number of hydrogen-bond donors (Lipinski definition) is 0. The number of carbonyl (C=O) groups excluding carboxylic acids is 1. The molecular weight excluding hydrogens is 578 g/mol. The highest BCUT2D eigenvalue weighted by atomic mass is 32.2. The summed E-state index contributed by atoms with van der Waals surface area (Å²) in [4.78, 5) is 32.5. The standard InChI is InChI=1S/C33H31F4N3O2S/c1-2-18-39(19-22-10-12-23(13-11-22)24-14-16-26(17-15-24)33(35,36)37)30(41)20-40-29-9-5-7-27(29)31(42)38-32(40)43-21-25-6-3-4-8-28(25)34/h3-4,6,8,10-17H,2,5,7,9,18-21H2,1H3. The molecule has 0 bridgehead atoms. The van der Waals surface area contributed by atoms with Crippen molar-refractivity contribution < 1.29 is 22.4 Å². The SMILES string of the molecule is CCCN(Cc1ccc(-c2ccc(C(F)(F)F)cc2)cc1)C(=O)Cn1c(SCc2ccccc2F)nc(=O)c2c1CCC2. The Morgan fingerprint density at radius 3 is 2.30 bits per heavy atom. The zero-order chi connectivity index (χ0) is 30.6. The summed E-state index contributed by atoms with van der Waals surface area (Å²) in [6.07, 6.45) is -1.54. The number of nitrogens with zero attached hydrogens (tertiary/aromatic N) is 3. The van der Waals surface area contributed by atoms with Crippen molar-refractivity contribution >= 4 is 17.7 Å². The Morgan fingerprint density at radius 2 is 1.65 bits per heavy atom. The van der Waals surface area contributed by atoms with Gasteiger partial charge in [0.05, 0.1) is 5.56 Å². The number of rotatable bonds is 10. The van der Waals surface area contributed by atoms with E-state index in [0.29, 0.717) is 47.8 Å². The molecular formula is C33H31F4N3O2S. The topological polar surface area (TPSA) is 55.2 Å². The fourth-order valence-corrected chi connectivity index (χ4v) is 6.29. The average Bonchev–Trinajstić information content (AvgIpc) is 3.49. The van der Waals surface area contributed by atoms with Crippen LogP contribution in [0, 0.1) is 5.82 Å². The lowest BCUT2D eigenvalue weighted by molar-refractivity contribution is -0.137. The first-order chi connectivity index (χ1) is 20.6. The van der Waals surface area contributed by atoms with Crippen molar-refractivity contribution in [3.05, 3.63) is 117 Å². The fourth-order valence-electron chi connectivity index (χ4n) is 5.29. The quantitative estimate of drug-likeness (QED) is 0.108. The molecule has 224 valence electrons. The molecule has 1 aromatic heterocycles. The van der Waals surface area contributed by atoms with E-state index >= 15 is 0 Å². The van der Waals surface area contributed by atoms with Gasteiger partial charge in [-0.1, -0.05) is 73.3 Å². The third-order valence-corrected chi connectivity index (χ3v) is 8.55. The second-order valence-electron chi connectivity index (χ2n) is 10.5. The van der Waals surface area contributed by atoms with Gasteiger partial charge in [-0.15, -0.1) is 0 Å². The van der Waals surface area contributed by atoms with Crippen LogP contribution in [-0.4, -0.2) is 26.9 Å². The first-order valence-corrected chi connectivity index (χ1v) is 15.2. The minimum atomic E-state index is -4.39. The van der Waals surface area contributed by atoms with Crippen LogP contribution in [0.1, 0.15) is 47.7 Å². The summed E-state index contributed by atoms with van der Waals surface area (Å²) < 4.78 is 54.9. The molecule has 1 aliphatic rings. The van der Waals surface area contributed by atoms with Gasteiger partial charge in [0.15, 0.2) is 5.16 Å². The van der Waals surface area contributed by atoms with Crippen molar-refractivity contribution in [1.29, 1.82) is 0 Å². The normalized spacial score (nSPS) is 12.8. The van der Waals surface area contributed by atoms with Crippen molar-refractivity contribution in [2.24, 2.45) is 0 Å². The maximum absolute atomic E-state index is 14.3. The van der Waals surface area contributed by atoms with Crippen molar-refractivity contribution in [2.45, 2.75) is 62.8 Å². The van der Waals surface area contributed by atoms with Gasteiger partial charge in [0.2, 0.25) is 5.91 Å². The Labute approximate surface area is 251 Å². The first-order valence-electron chi connectivity index (χ1n) is 14.2. The molecule has 1 aliphatic carbocycles. The molecule has 4 aromatic rings. The number of amides is 1. The molecule has 3 aromatic carbocycles. The molecule has 0 fully saturated rings. The smallest absolute Gasteiger partial charge is 0.337 e. The zero-order valence-electron chi connectivity index (χ0n) is 23.7. The summed E-state index contributed by atoms with van der Waals surface area (Å²) in [6.45, 7) is 2.88. The lowest BCUT2D eigenvalue weighted by atomic mass is 10.0. The Bertz CT molecular complexity index is 1650.